The van der Waals surface area contributed by atoms with Gasteiger partial charge in [-0.15, -0.1) is 0 Å². The van der Waals surface area contributed by atoms with Gasteiger partial charge in [0, 0.05) is 0 Å². The van der Waals surface area contributed by atoms with Crippen molar-refractivity contribution >= 4 is 16.1 Å². The summed E-state index contributed by atoms with van der Waals surface area (Å²) in [7, 11) is -5.74. The number of halogens is 2. The third-order valence-electron chi connectivity index (χ3n) is 5.38. The number of ether oxygens (including phenoxy) is 1. The summed E-state index contributed by atoms with van der Waals surface area (Å²) in [6.07, 6.45) is 2.22. The predicted molar refractivity (Wildman–Crippen MR) is 71.2 cm³/mol. The average Bonchev–Trinajstić information content (AvgIpc) is 2.35. The molecule has 4 fully saturated rings. The lowest BCUT2D eigenvalue weighted by Crippen LogP contribution is -2.55. The number of hydrogen-bond acceptors (Lipinski definition) is 5. The van der Waals surface area contributed by atoms with Gasteiger partial charge in [-0.2, -0.15) is 17.2 Å². The summed E-state index contributed by atoms with van der Waals surface area (Å²) < 4.78 is 61.2. The molecular formula is C13H19F2NO5S. The van der Waals surface area contributed by atoms with Crippen LogP contribution in [0.2, 0.25) is 0 Å². The fourth-order valence-corrected chi connectivity index (χ4v) is 5.16. The van der Waals surface area contributed by atoms with Crippen molar-refractivity contribution < 1.29 is 31.3 Å². The number of esters is 1. The topological polar surface area (TPSA) is 107 Å². The second-order valence-corrected chi connectivity index (χ2v) is 8.56. The van der Waals surface area contributed by atoms with Crippen LogP contribution < -0.4 is 5.73 Å². The lowest BCUT2D eigenvalue weighted by molar-refractivity contribution is -0.187. The number of carbonyl (C=O) groups is 1. The van der Waals surface area contributed by atoms with E-state index in [1.807, 2.05) is 0 Å². The molecule has 9 heteroatoms. The first-order valence-electron chi connectivity index (χ1n) is 7.35. The lowest BCUT2D eigenvalue weighted by Gasteiger charge is -2.55. The first-order chi connectivity index (χ1) is 10.0. The van der Waals surface area contributed by atoms with E-state index >= 15 is 0 Å². The van der Waals surface area contributed by atoms with E-state index < -0.39 is 33.0 Å². The highest BCUT2D eigenvalue weighted by Crippen LogP contribution is 2.60. The quantitative estimate of drug-likeness (QED) is 0.457. The molecule has 4 bridgehead atoms. The zero-order valence-electron chi connectivity index (χ0n) is 11.9. The minimum atomic E-state index is -5.74. The number of carbonyl (C=O) groups excluding carboxylic acids is 1. The van der Waals surface area contributed by atoms with Crippen molar-refractivity contribution in [2.75, 3.05) is 0 Å². The van der Waals surface area contributed by atoms with Gasteiger partial charge < -0.3 is 4.74 Å². The van der Waals surface area contributed by atoms with Crippen molar-refractivity contribution in [3.63, 3.8) is 0 Å². The summed E-state index contributed by atoms with van der Waals surface area (Å²) in [5.41, 5.74) is 4.21. The van der Waals surface area contributed by atoms with E-state index in [4.69, 9.17) is 10.3 Å². The molecule has 0 aromatic carbocycles. The van der Waals surface area contributed by atoms with Crippen LogP contribution in [0.1, 0.15) is 38.5 Å². The normalized spacial score (nSPS) is 38.8. The van der Waals surface area contributed by atoms with Crippen LogP contribution in [0.5, 0.6) is 0 Å². The highest BCUT2D eigenvalue weighted by molar-refractivity contribution is 7.86. The van der Waals surface area contributed by atoms with Crippen molar-refractivity contribution in [1.29, 1.82) is 0 Å². The summed E-state index contributed by atoms with van der Waals surface area (Å²) in [6, 6.07) is 0. The molecule has 0 spiro atoms. The van der Waals surface area contributed by atoms with Gasteiger partial charge in [0.2, 0.25) is 6.23 Å². The molecule has 6 nitrogen and oxygen atoms in total. The molecule has 0 amide bonds. The van der Waals surface area contributed by atoms with E-state index in [1.165, 1.54) is 0 Å². The van der Waals surface area contributed by atoms with Gasteiger partial charge in [0.1, 0.15) is 0 Å². The van der Waals surface area contributed by atoms with Gasteiger partial charge in [-0.1, -0.05) is 0 Å². The van der Waals surface area contributed by atoms with Crippen LogP contribution in [-0.4, -0.2) is 30.4 Å². The van der Waals surface area contributed by atoms with Crippen molar-refractivity contribution in [2.45, 2.75) is 50.0 Å². The van der Waals surface area contributed by atoms with E-state index in [-0.39, 0.29) is 0 Å². The molecule has 0 aromatic heterocycles. The molecule has 3 N–H and O–H groups in total. The maximum absolute atomic E-state index is 13.4. The lowest BCUT2D eigenvalue weighted by atomic mass is 9.49. The van der Waals surface area contributed by atoms with Gasteiger partial charge in [-0.3, -0.25) is 15.1 Å². The Morgan fingerprint density at radius 1 is 1.18 bits per heavy atom. The first kappa shape index (κ1) is 16.1. The van der Waals surface area contributed by atoms with Crippen molar-refractivity contribution in [1.82, 2.24) is 0 Å². The molecule has 1 atom stereocenters. The van der Waals surface area contributed by atoms with Crippen LogP contribution >= 0.6 is 0 Å². The highest BCUT2D eigenvalue weighted by atomic mass is 32.2. The highest BCUT2D eigenvalue weighted by Gasteiger charge is 2.58. The molecule has 1 unspecified atom stereocenters. The molecule has 126 valence electrons. The summed E-state index contributed by atoms with van der Waals surface area (Å²) in [6.45, 7) is 0. The summed E-state index contributed by atoms with van der Waals surface area (Å²) in [4.78, 5) is 12.4. The van der Waals surface area contributed by atoms with Crippen LogP contribution in [0.15, 0.2) is 0 Å². The second-order valence-electron chi connectivity index (χ2n) is 7.06. The Hall–Kier alpha value is -0.800. The van der Waals surface area contributed by atoms with Crippen molar-refractivity contribution in [3.8, 4) is 0 Å². The predicted octanol–water partition coefficient (Wildman–Crippen LogP) is 1.51. The fourth-order valence-electron chi connectivity index (χ4n) is 4.82. The molecule has 0 aromatic rings. The van der Waals surface area contributed by atoms with Crippen LogP contribution in [-0.2, 0) is 19.6 Å². The third-order valence-corrected chi connectivity index (χ3v) is 6.30. The minimum absolute atomic E-state index is 0.400. The fraction of sp³-hybridized carbons (Fsp3) is 0.923. The molecule has 22 heavy (non-hydrogen) atoms. The Kier molecular flexibility index (Phi) is 3.54. The maximum Gasteiger partial charge on any atom is 0.418 e. The summed E-state index contributed by atoms with van der Waals surface area (Å²) >= 11 is 0. The molecule has 0 aliphatic heterocycles. The molecule has 4 aliphatic carbocycles. The van der Waals surface area contributed by atoms with Gasteiger partial charge in [0.25, 0.3) is 0 Å². The molecule has 0 heterocycles. The molecule has 0 radical (unpaired) electrons. The molecule has 0 saturated heterocycles. The monoisotopic (exact) mass is 339 g/mol. The van der Waals surface area contributed by atoms with E-state index in [2.05, 4.69) is 4.74 Å². The molecule has 4 saturated carbocycles. The Morgan fingerprint density at radius 3 is 1.95 bits per heavy atom. The number of nitrogens with two attached hydrogens (primary N) is 1. The average molecular weight is 339 g/mol. The van der Waals surface area contributed by atoms with Gasteiger partial charge in [0.05, 0.1) is 5.41 Å². The zero-order valence-corrected chi connectivity index (χ0v) is 12.7. The second kappa shape index (κ2) is 4.85. The van der Waals surface area contributed by atoms with Crippen LogP contribution in [0.4, 0.5) is 8.78 Å². The van der Waals surface area contributed by atoms with E-state index in [0.29, 0.717) is 37.0 Å². The van der Waals surface area contributed by atoms with Gasteiger partial charge >= 0.3 is 21.3 Å². The number of rotatable bonds is 4. The standard InChI is InChI=1S/C13H19F2NO5S/c14-13(15,22(18,19)20)10(16)21-11(17)12-4-7-1-8(5-12)3-9(2-7)6-12/h7-10H,1-6,16H2,(H,18,19,20). The summed E-state index contributed by atoms with van der Waals surface area (Å²) in [5.74, 6) is 0.341. The van der Waals surface area contributed by atoms with Crippen LogP contribution in [0.25, 0.3) is 0 Å². The van der Waals surface area contributed by atoms with E-state index in [9.17, 15) is 22.0 Å². The number of hydrogen-bond donors (Lipinski definition) is 2. The Morgan fingerprint density at radius 2 is 1.59 bits per heavy atom. The SMILES string of the molecule is NC(OC(=O)C12CC3CC(CC(C3)C1)C2)C(F)(F)S(=O)(=O)O. The molecule has 4 rings (SSSR count). The Labute approximate surface area is 127 Å². The van der Waals surface area contributed by atoms with Crippen molar-refractivity contribution in [2.24, 2.45) is 28.9 Å². The zero-order chi connectivity index (χ0) is 16.3. The third kappa shape index (κ3) is 2.43. The van der Waals surface area contributed by atoms with Gasteiger partial charge in [-0.25, -0.2) is 0 Å². The van der Waals surface area contributed by atoms with E-state index in [0.717, 1.165) is 19.3 Å². The maximum atomic E-state index is 13.4. The smallest absolute Gasteiger partial charge is 0.418 e. The van der Waals surface area contributed by atoms with Gasteiger partial charge in [0.15, 0.2) is 0 Å². The Balaban J connectivity index is 1.75. The van der Waals surface area contributed by atoms with Crippen LogP contribution in [0, 0.1) is 23.2 Å². The molecular weight excluding hydrogens is 320 g/mol. The van der Waals surface area contributed by atoms with Crippen LogP contribution in [0.3, 0.4) is 0 Å². The first-order valence-corrected chi connectivity index (χ1v) is 8.79. The van der Waals surface area contributed by atoms with E-state index in [1.54, 1.807) is 0 Å². The minimum Gasteiger partial charge on any atom is -0.438 e. The largest absolute Gasteiger partial charge is 0.438 e. The molecule has 4 aliphatic rings. The Bertz CT molecular complexity index is 556. The number of alkyl halides is 2. The van der Waals surface area contributed by atoms with Crippen molar-refractivity contribution in [3.05, 3.63) is 0 Å². The summed E-state index contributed by atoms with van der Waals surface area (Å²) in [5, 5.41) is -4.72. The van der Waals surface area contributed by atoms with Gasteiger partial charge in [-0.05, 0) is 56.3 Å².